The van der Waals surface area contributed by atoms with E-state index in [0.29, 0.717) is 17.2 Å². The lowest BCUT2D eigenvalue weighted by Crippen LogP contribution is -2.25. The van der Waals surface area contributed by atoms with Crippen molar-refractivity contribution in [1.29, 1.82) is 5.26 Å². The van der Waals surface area contributed by atoms with E-state index in [9.17, 15) is 8.42 Å². The van der Waals surface area contributed by atoms with Gasteiger partial charge < -0.3 is 4.52 Å². The maximum atomic E-state index is 11.8. The Labute approximate surface area is 107 Å². The SMILES string of the molecule is N#Cc1ccc(S(=O)(=O)NCCc2ncno2)s1. The van der Waals surface area contributed by atoms with E-state index in [0.717, 1.165) is 11.3 Å². The molecule has 0 fully saturated rings. The zero-order chi connectivity index (χ0) is 13.0. The molecule has 18 heavy (non-hydrogen) atoms. The minimum Gasteiger partial charge on any atom is -0.340 e. The molecule has 0 amide bonds. The number of thiophene rings is 1. The van der Waals surface area contributed by atoms with Gasteiger partial charge in [0.2, 0.25) is 15.9 Å². The molecule has 2 aromatic heterocycles. The van der Waals surface area contributed by atoms with Crippen LogP contribution in [0, 0.1) is 11.3 Å². The van der Waals surface area contributed by atoms with Crippen LogP contribution in [0.3, 0.4) is 0 Å². The first-order chi connectivity index (χ1) is 8.62. The number of nitrogens with one attached hydrogen (secondary N) is 1. The van der Waals surface area contributed by atoms with Crippen LogP contribution in [0.15, 0.2) is 27.2 Å². The lowest BCUT2D eigenvalue weighted by Gasteiger charge is -2.01. The third-order valence-electron chi connectivity index (χ3n) is 1.99. The minimum atomic E-state index is -3.58. The van der Waals surface area contributed by atoms with Crippen molar-refractivity contribution in [1.82, 2.24) is 14.9 Å². The van der Waals surface area contributed by atoms with Gasteiger partial charge in [0, 0.05) is 13.0 Å². The number of nitrogens with zero attached hydrogens (tertiary/aromatic N) is 3. The first-order valence-corrected chi connectivity index (χ1v) is 7.17. The molecule has 0 aliphatic rings. The summed E-state index contributed by atoms with van der Waals surface area (Å²) in [6, 6.07) is 4.76. The highest BCUT2D eigenvalue weighted by atomic mass is 32.2. The predicted octanol–water partition coefficient (Wildman–Crippen LogP) is 0.524. The summed E-state index contributed by atoms with van der Waals surface area (Å²) in [6.07, 6.45) is 1.57. The van der Waals surface area contributed by atoms with Crippen molar-refractivity contribution in [2.45, 2.75) is 10.6 Å². The number of nitriles is 1. The first kappa shape index (κ1) is 12.7. The van der Waals surface area contributed by atoms with Crippen molar-refractivity contribution in [3.05, 3.63) is 29.2 Å². The topological polar surface area (TPSA) is 109 Å². The molecular weight excluding hydrogens is 276 g/mol. The molecular formula is C9H8N4O3S2. The van der Waals surface area contributed by atoms with Crippen LogP contribution < -0.4 is 4.72 Å². The van der Waals surface area contributed by atoms with Crippen LogP contribution in [0.4, 0.5) is 0 Å². The predicted molar refractivity (Wildman–Crippen MR) is 62.2 cm³/mol. The Balaban J connectivity index is 1.97. The van der Waals surface area contributed by atoms with E-state index in [1.54, 1.807) is 0 Å². The molecule has 9 heteroatoms. The van der Waals surface area contributed by atoms with Crippen molar-refractivity contribution < 1.29 is 12.9 Å². The molecule has 0 radical (unpaired) electrons. The van der Waals surface area contributed by atoms with E-state index in [4.69, 9.17) is 9.78 Å². The largest absolute Gasteiger partial charge is 0.340 e. The van der Waals surface area contributed by atoms with E-state index in [-0.39, 0.29) is 10.8 Å². The van der Waals surface area contributed by atoms with Gasteiger partial charge in [-0.05, 0) is 12.1 Å². The van der Waals surface area contributed by atoms with E-state index in [1.807, 2.05) is 6.07 Å². The van der Waals surface area contributed by atoms with Crippen molar-refractivity contribution in [2.24, 2.45) is 0 Å². The highest BCUT2D eigenvalue weighted by Crippen LogP contribution is 2.20. The van der Waals surface area contributed by atoms with E-state index < -0.39 is 10.0 Å². The van der Waals surface area contributed by atoms with Gasteiger partial charge in [0.25, 0.3) is 0 Å². The molecule has 0 unspecified atom stereocenters. The minimum absolute atomic E-state index is 0.115. The third kappa shape index (κ3) is 2.92. The second kappa shape index (κ2) is 5.26. The Morgan fingerprint density at radius 3 is 2.94 bits per heavy atom. The normalized spacial score (nSPS) is 11.3. The molecule has 2 aromatic rings. The molecule has 0 aliphatic carbocycles. The fourth-order valence-corrected chi connectivity index (χ4v) is 3.37. The van der Waals surface area contributed by atoms with Gasteiger partial charge in [-0.15, -0.1) is 11.3 Å². The molecule has 2 heterocycles. The van der Waals surface area contributed by atoms with E-state index in [1.165, 1.54) is 18.5 Å². The maximum absolute atomic E-state index is 11.8. The average Bonchev–Trinajstić information content (AvgIpc) is 2.99. The van der Waals surface area contributed by atoms with Crippen LogP contribution in [0.25, 0.3) is 0 Å². The molecule has 0 saturated carbocycles. The first-order valence-electron chi connectivity index (χ1n) is 4.87. The molecule has 0 aromatic carbocycles. The Kier molecular flexibility index (Phi) is 3.71. The number of hydrogen-bond donors (Lipinski definition) is 1. The van der Waals surface area contributed by atoms with Crippen LogP contribution >= 0.6 is 11.3 Å². The highest BCUT2D eigenvalue weighted by Gasteiger charge is 2.16. The summed E-state index contributed by atoms with van der Waals surface area (Å²) in [4.78, 5) is 4.13. The van der Waals surface area contributed by atoms with Crippen LogP contribution in [-0.2, 0) is 16.4 Å². The quantitative estimate of drug-likeness (QED) is 0.857. The number of rotatable bonds is 5. The summed E-state index contributed by atoms with van der Waals surface area (Å²) in [5.74, 6) is 0.363. The summed E-state index contributed by atoms with van der Waals surface area (Å²) in [5.41, 5.74) is 0. The zero-order valence-electron chi connectivity index (χ0n) is 9.03. The molecule has 2 rings (SSSR count). The third-order valence-corrected chi connectivity index (χ3v) is 4.94. The van der Waals surface area contributed by atoms with Crippen molar-refractivity contribution in [3.8, 4) is 6.07 Å². The Hall–Kier alpha value is -1.76. The van der Waals surface area contributed by atoms with E-state index in [2.05, 4.69) is 14.9 Å². The molecule has 94 valence electrons. The fraction of sp³-hybridized carbons (Fsp3) is 0.222. The highest BCUT2D eigenvalue weighted by molar-refractivity contribution is 7.91. The second-order valence-corrected chi connectivity index (χ2v) is 6.29. The second-order valence-electron chi connectivity index (χ2n) is 3.21. The van der Waals surface area contributed by atoms with Crippen molar-refractivity contribution >= 4 is 21.4 Å². The standard InChI is InChI=1S/C9H8N4O3S2/c10-5-7-1-2-9(17-7)18(14,15)13-4-3-8-11-6-12-16-8/h1-2,6,13H,3-4H2. The lowest BCUT2D eigenvalue weighted by molar-refractivity contribution is 0.377. The summed E-state index contributed by atoms with van der Waals surface area (Å²) in [7, 11) is -3.58. The van der Waals surface area contributed by atoms with Gasteiger partial charge in [-0.2, -0.15) is 10.2 Å². The summed E-state index contributed by atoms with van der Waals surface area (Å²) in [6.45, 7) is 0.157. The molecule has 0 atom stereocenters. The summed E-state index contributed by atoms with van der Waals surface area (Å²) in [5, 5.41) is 12.0. The Morgan fingerprint density at radius 1 is 1.50 bits per heavy atom. The van der Waals surface area contributed by atoms with Crippen LogP contribution in [0.1, 0.15) is 10.8 Å². The van der Waals surface area contributed by atoms with Crippen LogP contribution in [0.5, 0.6) is 0 Å². The van der Waals surface area contributed by atoms with Crippen LogP contribution in [-0.4, -0.2) is 25.1 Å². The molecule has 0 spiro atoms. The maximum Gasteiger partial charge on any atom is 0.250 e. The average molecular weight is 284 g/mol. The van der Waals surface area contributed by atoms with Gasteiger partial charge >= 0.3 is 0 Å². The van der Waals surface area contributed by atoms with Gasteiger partial charge in [0.05, 0.1) is 0 Å². The molecule has 0 saturated heterocycles. The van der Waals surface area contributed by atoms with Crippen molar-refractivity contribution in [3.63, 3.8) is 0 Å². The molecule has 0 aliphatic heterocycles. The number of aromatic nitrogens is 2. The molecule has 7 nitrogen and oxygen atoms in total. The fourth-order valence-electron chi connectivity index (χ4n) is 1.19. The zero-order valence-corrected chi connectivity index (χ0v) is 10.7. The summed E-state index contributed by atoms with van der Waals surface area (Å²) >= 11 is 0.925. The Bertz CT molecular complexity index is 654. The van der Waals surface area contributed by atoms with Gasteiger partial charge in [-0.1, -0.05) is 5.16 Å². The van der Waals surface area contributed by atoms with Gasteiger partial charge in [-0.25, -0.2) is 13.1 Å². The molecule has 0 bridgehead atoms. The smallest absolute Gasteiger partial charge is 0.250 e. The number of sulfonamides is 1. The van der Waals surface area contributed by atoms with Gasteiger partial charge in [0.1, 0.15) is 15.2 Å². The van der Waals surface area contributed by atoms with Crippen molar-refractivity contribution in [2.75, 3.05) is 6.54 Å². The molecule has 1 N–H and O–H groups in total. The van der Waals surface area contributed by atoms with Gasteiger partial charge in [-0.3, -0.25) is 0 Å². The van der Waals surface area contributed by atoms with Gasteiger partial charge in [0.15, 0.2) is 6.33 Å². The van der Waals surface area contributed by atoms with E-state index >= 15 is 0 Å². The number of hydrogen-bond acceptors (Lipinski definition) is 7. The lowest BCUT2D eigenvalue weighted by atomic mass is 10.4. The Morgan fingerprint density at radius 2 is 2.33 bits per heavy atom. The monoisotopic (exact) mass is 284 g/mol. The van der Waals surface area contributed by atoms with Crippen LogP contribution in [0.2, 0.25) is 0 Å². The summed E-state index contributed by atoms with van der Waals surface area (Å²) < 4.78 is 30.9.